The van der Waals surface area contributed by atoms with E-state index in [1.54, 1.807) is 6.07 Å². The maximum Gasteiger partial charge on any atom is 0.335 e. The van der Waals surface area contributed by atoms with Crippen LogP contribution in [0, 0.1) is 0 Å². The molecule has 0 atom stereocenters. The van der Waals surface area contributed by atoms with Crippen molar-refractivity contribution in [3.05, 3.63) is 23.8 Å². The Kier molecular flexibility index (Phi) is 5.83. The van der Waals surface area contributed by atoms with Crippen molar-refractivity contribution in [3.63, 3.8) is 0 Å². The van der Waals surface area contributed by atoms with E-state index in [4.69, 9.17) is 10.8 Å². The number of carboxylic acid groups (broad SMARTS) is 1. The van der Waals surface area contributed by atoms with Gasteiger partial charge in [0.25, 0.3) is 0 Å². The highest BCUT2D eigenvalue weighted by molar-refractivity contribution is 5.90. The average molecular weight is 279 g/mol. The van der Waals surface area contributed by atoms with Crippen molar-refractivity contribution >= 4 is 23.3 Å². The first kappa shape index (κ1) is 15.8. The van der Waals surface area contributed by atoms with E-state index < -0.39 is 5.97 Å². The molecule has 0 bridgehead atoms. The van der Waals surface area contributed by atoms with E-state index in [0.29, 0.717) is 31.7 Å². The average Bonchev–Trinajstić information content (AvgIpc) is 2.41. The third-order valence-electron chi connectivity index (χ3n) is 2.98. The Morgan fingerprint density at radius 3 is 2.55 bits per heavy atom. The van der Waals surface area contributed by atoms with Crippen molar-refractivity contribution in [2.45, 2.75) is 20.3 Å². The maximum absolute atomic E-state index is 11.5. The van der Waals surface area contributed by atoms with E-state index in [9.17, 15) is 9.59 Å². The number of amides is 1. The monoisotopic (exact) mass is 279 g/mol. The third kappa shape index (κ3) is 4.15. The predicted octanol–water partition coefficient (Wildman–Crippen LogP) is 1.32. The largest absolute Gasteiger partial charge is 0.478 e. The minimum atomic E-state index is -1.01. The molecular weight excluding hydrogens is 258 g/mol. The number of rotatable bonds is 7. The summed E-state index contributed by atoms with van der Waals surface area (Å²) < 4.78 is 0. The number of nitrogen functional groups attached to an aromatic ring is 1. The molecule has 4 N–H and O–H groups in total. The van der Waals surface area contributed by atoms with Crippen molar-refractivity contribution in [1.82, 2.24) is 5.32 Å². The lowest BCUT2D eigenvalue weighted by atomic mass is 10.1. The number of anilines is 2. The predicted molar refractivity (Wildman–Crippen MR) is 79.0 cm³/mol. The molecule has 6 heteroatoms. The lowest BCUT2D eigenvalue weighted by Gasteiger charge is -2.24. The normalized spacial score (nSPS) is 10.1. The summed E-state index contributed by atoms with van der Waals surface area (Å²) in [5, 5.41) is 11.6. The summed E-state index contributed by atoms with van der Waals surface area (Å²) in [5.41, 5.74) is 7.21. The minimum absolute atomic E-state index is 0.00771. The number of benzene rings is 1. The minimum Gasteiger partial charge on any atom is -0.478 e. The zero-order valence-electron chi connectivity index (χ0n) is 11.8. The number of nitrogens with one attached hydrogen (secondary N) is 1. The molecule has 0 radical (unpaired) electrons. The fourth-order valence-electron chi connectivity index (χ4n) is 1.95. The molecule has 0 aliphatic rings. The molecule has 0 spiro atoms. The van der Waals surface area contributed by atoms with E-state index in [0.717, 1.165) is 5.69 Å². The highest BCUT2D eigenvalue weighted by atomic mass is 16.4. The number of nitrogens with two attached hydrogens (primary N) is 1. The molecule has 1 aromatic rings. The van der Waals surface area contributed by atoms with Crippen molar-refractivity contribution in [1.29, 1.82) is 0 Å². The van der Waals surface area contributed by atoms with Crippen molar-refractivity contribution in [2.75, 3.05) is 30.3 Å². The van der Waals surface area contributed by atoms with Crippen LogP contribution in [0.5, 0.6) is 0 Å². The Morgan fingerprint density at radius 1 is 1.35 bits per heavy atom. The van der Waals surface area contributed by atoms with E-state index in [1.807, 2.05) is 18.7 Å². The first-order chi connectivity index (χ1) is 9.49. The Labute approximate surface area is 118 Å². The van der Waals surface area contributed by atoms with E-state index in [-0.39, 0.29) is 11.5 Å². The van der Waals surface area contributed by atoms with Crippen LogP contribution in [-0.4, -0.2) is 36.6 Å². The van der Waals surface area contributed by atoms with Crippen LogP contribution in [0.25, 0.3) is 0 Å². The molecule has 0 aromatic heterocycles. The van der Waals surface area contributed by atoms with E-state index >= 15 is 0 Å². The second kappa shape index (κ2) is 7.37. The first-order valence-corrected chi connectivity index (χ1v) is 6.64. The molecule has 1 rings (SSSR count). The number of carbonyl (C=O) groups excluding carboxylic acids is 1. The van der Waals surface area contributed by atoms with Gasteiger partial charge in [-0.3, -0.25) is 4.79 Å². The third-order valence-corrected chi connectivity index (χ3v) is 2.98. The number of aromatic carboxylic acids is 1. The summed E-state index contributed by atoms with van der Waals surface area (Å²) in [5.74, 6) is -1.01. The Balaban J connectivity index is 2.79. The molecule has 0 heterocycles. The van der Waals surface area contributed by atoms with Crippen LogP contribution in [0.2, 0.25) is 0 Å². The quantitative estimate of drug-likeness (QED) is 0.654. The summed E-state index contributed by atoms with van der Waals surface area (Å²) in [6.45, 7) is 5.68. The van der Waals surface area contributed by atoms with Gasteiger partial charge >= 0.3 is 5.97 Å². The lowest BCUT2D eigenvalue weighted by molar-refractivity contribution is -0.120. The smallest absolute Gasteiger partial charge is 0.335 e. The fourth-order valence-corrected chi connectivity index (χ4v) is 1.95. The van der Waals surface area contributed by atoms with Crippen LogP contribution in [0.4, 0.5) is 11.4 Å². The van der Waals surface area contributed by atoms with Crippen LogP contribution in [0.3, 0.4) is 0 Å². The number of carboxylic acids is 1. The number of hydrogen-bond donors (Lipinski definition) is 3. The highest BCUT2D eigenvalue weighted by Gasteiger charge is 2.12. The molecule has 1 amide bonds. The lowest BCUT2D eigenvalue weighted by Crippen LogP contribution is -2.31. The highest BCUT2D eigenvalue weighted by Crippen LogP contribution is 2.24. The molecule has 0 aliphatic carbocycles. The topological polar surface area (TPSA) is 95.7 Å². The van der Waals surface area contributed by atoms with Crippen LogP contribution in [0.1, 0.15) is 30.6 Å². The summed E-state index contributed by atoms with van der Waals surface area (Å²) in [7, 11) is 0. The van der Waals surface area contributed by atoms with Gasteiger partial charge in [0.15, 0.2) is 0 Å². The molecule has 0 aliphatic heterocycles. The summed E-state index contributed by atoms with van der Waals surface area (Å²) >= 11 is 0. The van der Waals surface area contributed by atoms with E-state index in [2.05, 4.69) is 5.32 Å². The van der Waals surface area contributed by atoms with Gasteiger partial charge in [-0.1, -0.05) is 0 Å². The zero-order valence-corrected chi connectivity index (χ0v) is 11.8. The molecule has 20 heavy (non-hydrogen) atoms. The van der Waals surface area contributed by atoms with Crippen LogP contribution >= 0.6 is 0 Å². The van der Waals surface area contributed by atoms with Crippen molar-refractivity contribution < 1.29 is 14.7 Å². The molecule has 110 valence electrons. The van der Waals surface area contributed by atoms with Gasteiger partial charge in [0.2, 0.25) is 5.91 Å². The molecule has 6 nitrogen and oxygen atoms in total. The molecule has 1 aromatic carbocycles. The number of nitrogens with zero attached hydrogens (tertiary/aromatic N) is 1. The standard InChI is InChI=1S/C14H21N3O3/c1-3-16-13(18)7-8-17(4-2)12-6-5-10(14(19)20)9-11(12)15/h5-6,9H,3-4,7-8,15H2,1-2H3,(H,16,18)(H,19,20). The van der Waals surface area contributed by atoms with E-state index in [1.165, 1.54) is 12.1 Å². The second-order valence-corrected chi connectivity index (χ2v) is 4.36. The van der Waals surface area contributed by atoms with Gasteiger partial charge in [-0.05, 0) is 32.0 Å². The summed E-state index contributed by atoms with van der Waals surface area (Å²) in [6.07, 6.45) is 0.377. The van der Waals surface area contributed by atoms with Crippen LogP contribution in [-0.2, 0) is 4.79 Å². The van der Waals surface area contributed by atoms with Crippen molar-refractivity contribution in [3.8, 4) is 0 Å². The van der Waals surface area contributed by atoms with Crippen LogP contribution < -0.4 is 16.0 Å². The maximum atomic E-state index is 11.5. The van der Waals surface area contributed by atoms with Gasteiger partial charge < -0.3 is 21.1 Å². The van der Waals surface area contributed by atoms with Gasteiger partial charge in [-0.15, -0.1) is 0 Å². The zero-order chi connectivity index (χ0) is 15.1. The van der Waals surface area contributed by atoms with Gasteiger partial charge in [0, 0.05) is 26.1 Å². The molecular formula is C14H21N3O3. The van der Waals surface area contributed by atoms with Gasteiger partial charge in [0.05, 0.1) is 16.9 Å². The van der Waals surface area contributed by atoms with Gasteiger partial charge in [0.1, 0.15) is 0 Å². The van der Waals surface area contributed by atoms with Gasteiger partial charge in [-0.25, -0.2) is 4.79 Å². The fraction of sp³-hybridized carbons (Fsp3) is 0.429. The van der Waals surface area contributed by atoms with Crippen LogP contribution in [0.15, 0.2) is 18.2 Å². The first-order valence-electron chi connectivity index (χ1n) is 6.64. The summed E-state index contributed by atoms with van der Waals surface area (Å²) in [4.78, 5) is 24.3. The number of carbonyl (C=O) groups is 2. The Morgan fingerprint density at radius 2 is 2.05 bits per heavy atom. The second-order valence-electron chi connectivity index (χ2n) is 4.36. The molecule has 0 saturated carbocycles. The van der Waals surface area contributed by atoms with Crippen molar-refractivity contribution in [2.24, 2.45) is 0 Å². The summed E-state index contributed by atoms with van der Waals surface area (Å²) in [6, 6.07) is 4.63. The molecule has 0 saturated heterocycles. The molecule has 0 unspecified atom stereocenters. The Bertz CT molecular complexity index is 489. The Hall–Kier alpha value is -2.24. The molecule has 0 fully saturated rings. The van der Waals surface area contributed by atoms with Gasteiger partial charge in [-0.2, -0.15) is 0 Å². The number of hydrogen-bond acceptors (Lipinski definition) is 4. The SMILES string of the molecule is CCNC(=O)CCN(CC)c1ccc(C(=O)O)cc1N.